The third kappa shape index (κ3) is 3.50. The lowest BCUT2D eigenvalue weighted by atomic mass is 10.1. The molecule has 0 aliphatic heterocycles. The van der Waals surface area contributed by atoms with Gasteiger partial charge in [0.15, 0.2) is 0 Å². The zero-order chi connectivity index (χ0) is 23.2. The Morgan fingerprint density at radius 2 is 1.82 bits per heavy atom. The molecule has 0 saturated heterocycles. The highest BCUT2D eigenvalue weighted by molar-refractivity contribution is 6.07. The van der Waals surface area contributed by atoms with E-state index in [-0.39, 0.29) is 23.9 Å². The second kappa shape index (κ2) is 8.02. The van der Waals surface area contributed by atoms with Crippen LogP contribution in [0.2, 0.25) is 0 Å². The van der Waals surface area contributed by atoms with Crippen molar-refractivity contribution in [1.82, 2.24) is 9.55 Å². The normalized spacial score (nSPS) is 13.6. The van der Waals surface area contributed by atoms with Gasteiger partial charge in [0.05, 0.1) is 23.7 Å². The molecule has 2 heterocycles. The first kappa shape index (κ1) is 20.5. The third-order valence-corrected chi connectivity index (χ3v) is 6.34. The zero-order valence-electron chi connectivity index (χ0n) is 18.7. The van der Waals surface area contributed by atoms with Gasteiger partial charge < -0.3 is 14.5 Å². The summed E-state index contributed by atoms with van der Waals surface area (Å²) in [6.45, 7) is 0. The van der Waals surface area contributed by atoms with Gasteiger partial charge >= 0.3 is 0 Å². The van der Waals surface area contributed by atoms with Gasteiger partial charge in [0, 0.05) is 35.7 Å². The van der Waals surface area contributed by atoms with Gasteiger partial charge in [0.2, 0.25) is 5.91 Å². The van der Waals surface area contributed by atoms with Crippen molar-refractivity contribution < 1.29 is 13.9 Å². The molecule has 1 aliphatic carbocycles. The maximum absolute atomic E-state index is 13.0. The van der Waals surface area contributed by atoms with Crippen LogP contribution in [0.25, 0.3) is 32.8 Å². The third-order valence-electron chi connectivity index (χ3n) is 6.34. The fraction of sp³-hybridized carbons (Fsp3) is 0.222. The van der Waals surface area contributed by atoms with E-state index in [1.165, 1.54) is 0 Å². The Morgan fingerprint density at radius 1 is 1.06 bits per heavy atom. The van der Waals surface area contributed by atoms with Crippen molar-refractivity contribution in [2.24, 2.45) is 0 Å². The van der Waals surface area contributed by atoms with Crippen LogP contribution in [0, 0.1) is 0 Å². The van der Waals surface area contributed by atoms with Crippen LogP contribution in [0.1, 0.15) is 31.1 Å². The number of nitrogens with zero attached hydrogens (tertiary/aromatic N) is 2. The van der Waals surface area contributed by atoms with Crippen molar-refractivity contribution in [2.45, 2.75) is 31.7 Å². The number of amides is 1. The number of aromatic nitrogens is 2. The number of hydrogen-bond donors (Lipinski definition) is 1. The Morgan fingerprint density at radius 3 is 2.62 bits per heavy atom. The lowest BCUT2D eigenvalue weighted by Crippen LogP contribution is -2.25. The van der Waals surface area contributed by atoms with Crippen LogP contribution in [0.4, 0.5) is 5.69 Å². The molecule has 170 valence electrons. The molecule has 2 aromatic heterocycles. The van der Waals surface area contributed by atoms with E-state index in [0.717, 1.165) is 29.2 Å². The van der Waals surface area contributed by atoms with Gasteiger partial charge in [0.25, 0.3) is 5.56 Å². The highest BCUT2D eigenvalue weighted by Gasteiger charge is 2.28. The van der Waals surface area contributed by atoms with Crippen molar-refractivity contribution in [3.05, 3.63) is 76.8 Å². The van der Waals surface area contributed by atoms with Gasteiger partial charge in [0.1, 0.15) is 22.7 Å². The van der Waals surface area contributed by atoms with E-state index < -0.39 is 0 Å². The number of hydrogen-bond acceptors (Lipinski definition) is 5. The monoisotopic (exact) mass is 453 g/mol. The topological polar surface area (TPSA) is 86.4 Å². The minimum atomic E-state index is -0.182. The number of nitrogens with one attached hydrogen (secondary N) is 1. The highest BCUT2D eigenvalue weighted by Crippen LogP contribution is 2.37. The molecule has 1 fully saturated rings. The number of benzene rings is 3. The van der Waals surface area contributed by atoms with Crippen molar-refractivity contribution in [2.75, 3.05) is 12.4 Å². The molecule has 6 rings (SSSR count). The summed E-state index contributed by atoms with van der Waals surface area (Å²) in [4.78, 5) is 30.7. The van der Waals surface area contributed by atoms with Gasteiger partial charge in [-0.1, -0.05) is 30.3 Å². The molecular weight excluding hydrogens is 430 g/mol. The summed E-state index contributed by atoms with van der Waals surface area (Å²) in [5.41, 5.74) is 2.64. The number of rotatable bonds is 6. The van der Waals surface area contributed by atoms with Crippen LogP contribution < -0.4 is 15.6 Å². The number of ether oxygens (including phenoxy) is 1. The van der Waals surface area contributed by atoms with Crippen molar-refractivity contribution in [3.8, 4) is 5.75 Å². The molecule has 0 atom stereocenters. The molecule has 5 aromatic rings. The number of anilines is 1. The summed E-state index contributed by atoms with van der Waals surface area (Å²) in [7, 11) is 1.58. The predicted octanol–water partition coefficient (Wildman–Crippen LogP) is 5.21. The molecule has 0 spiro atoms. The number of para-hydroxylation sites is 2. The number of methoxy groups -OCH3 is 1. The molecule has 0 unspecified atom stereocenters. The summed E-state index contributed by atoms with van der Waals surface area (Å²) >= 11 is 0. The number of aryl methyl sites for hydroxylation is 1. The quantitative estimate of drug-likeness (QED) is 0.381. The first-order chi connectivity index (χ1) is 16.6. The van der Waals surface area contributed by atoms with Crippen LogP contribution in [0.5, 0.6) is 5.75 Å². The highest BCUT2D eigenvalue weighted by atomic mass is 16.5. The molecular formula is C27H23N3O4. The molecule has 34 heavy (non-hydrogen) atoms. The molecule has 0 bridgehead atoms. The molecule has 0 radical (unpaired) electrons. The van der Waals surface area contributed by atoms with E-state index in [4.69, 9.17) is 14.1 Å². The van der Waals surface area contributed by atoms with Crippen LogP contribution in [0.3, 0.4) is 0 Å². The standard InChI is InChI=1S/C27H23N3O4/c1-33-24-14-19-17-6-3-5-9-22(17)34-23(19)15-21(24)29-26(31)13-12-25-28-20-8-4-2-7-18(20)27(32)30(25)16-10-11-16/h2-9,14-16H,10-13H2,1H3,(H,29,31). The van der Waals surface area contributed by atoms with Crippen LogP contribution in [-0.2, 0) is 11.2 Å². The average Bonchev–Trinajstić information content (AvgIpc) is 3.62. The number of fused-ring (bicyclic) bond motifs is 4. The van der Waals surface area contributed by atoms with Gasteiger partial charge in [-0.2, -0.15) is 0 Å². The molecule has 7 nitrogen and oxygen atoms in total. The molecule has 1 saturated carbocycles. The van der Waals surface area contributed by atoms with Gasteiger partial charge in [-0.3, -0.25) is 14.2 Å². The van der Waals surface area contributed by atoms with Gasteiger partial charge in [-0.25, -0.2) is 4.98 Å². The maximum atomic E-state index is 13.0. The van der Waals surface area contributed by atoms with E-state index in [9.17, 15) is 9.59 Å². The van der Waals surface area contributed by atoms with Gasteiger partial charge in [-0.15, -0.1) is 0 Å². The fourth-order valence-corrected chi connectivity index (χ4v) is 4.53. The zero-order valence-corrected chi connectivity index (χ0v) is 18.7. The molecule has 1 amide bonds. The Hall–Kier alpha value is -4.13. The van der Waals surface area contributed by atoms with Crippen LogP contribution in [-0.4, -0.2) is 22.6 Å². The Bertz CT molecular complexity index is 1630. The molecule has 1 aliphatic rings. The van der Waals surface area contributed by atoms with E-state index in [2.05, 4.69) is 5.32 Å². The fourth-order valence-electron chi connectivity index (χ4n) is 4.53. The van der Waals surface area contributed by atoms with Crippen molar-refractivity contribution in [3.63, 3.8) is 0 Å². The summed E-state index contributed by atoms with van der Waals surface area (Å²) in [6.07, 6.45) is 2.50. The summed E-state index contributed by atoms with van der Waals surface area (Å²) in [6, 6.07) is 19.0. The Kier molecular flexibility index (Phi) is 4.83. The average molecular weight is 453 g/mol. The summed E-state index contributed by atoms with van der Waals surface area (Å²) < 4.78 is 13.3. The maximum Gasteiger partial charge on any atom is 0.261 e. The summed E-state index contributed by atoms with van der Waals surface area (Å²) in [5.74, 6) is 1.03. The molecule has 1 N–H and O–H groups in total. The van der Waals surface area contributed by atoms with Gasteiger partial charge in [-0.05, 0) is 37.1 Å². The number of furan rings is 1. The van der Waals surface area contributed by atoms with E-state index in [1.54, 1.807) is 23.8 Å². The first-order valence-corrected chi connectivity index (χ1v) is 11.4. The molecule has 3 aromatic carbocycles. The number of carbonyl (C=O) groups is 1. The van der Waals surface area contributed by atoms with Crippen molar-refractivity contribution in [1.29, 1.82) is 0 Å². The minimum absolute atomic E-state index is 0.0273. The second-order valence-corrected chi connectivity index (χ2v) is 8.65. The Balaban J connectivity index is 1.27. The largest absolute Gasteiger partial charge is 0.495 e. The van der Waals surface area contributed by atoms with E-state index in [1.807, 2.05) is 48.5 Å². The van der Waals surface area contributed by atoms with E-state index >= 15 is 0 Å². The minimum Gasteiger partial charge on any atom is -0.495 e. The van der Waals surface area contributed by atoms with Crippen molar-refractivity contribution >= 4 is 44.4 Å². The first-order valence-electron chi connectivity index (χ1n) is 11.4. The Labute approximate surface area is 195 Å². The summed E-state index contributed by atoms with van der Waals surface area (Å²) in [5, 5.41) is 5.49. The van der Waals surface area contributed by atoms with E-state index in [0.29, 0.717) is 40.2 Å². The predicted molar refractivity (Wildman–Crippen MR) is 131 cm³/mol. The van der Waals surface area contributed by atoms with Crippen LogP contribution >= 0.6 is 0 Å². The second-order valence-electron chi connectivity index (χ2n) is 8.65. The lowest BCUT2D eigenvalue weighted by Gasteiger charge is -2.13. The lowest BCUT2D eigenvalue weighted by molar-refractivity contribution is -0.116. The van der Waals surface area contributed by atoms with Crippen LogP contribution in [0.15, 0.2) is 69.9 Å². The smallest absolute Gasteiger partial charge is 0.261 e. The SMILES string of the molecule is COc1cc2c(cc1NC(=O)CCc1nc3ccccc3c(=O)n1C1CC1)oc1ccccc12. The molecule has 7 heteroatoms. The number of carbonyl (C=O) groups excluding carboxylic acids is 1.